The van der Waals surface area contributed by atoms with Gasteiger partial charge in [-0.15, -0.1) is 0 Å². The Bertz CT molecular complexity index is 891. The Balaban J connectivity index is 2.15. The standard InChI is InChI=1S/C18H14F2N2O2/c1-10-13(19)3-2-4-15(10)22-16-8-11(5-6-17(21)23)7-14(20)12(16)9-18(22)24/h2-8H,9H2,1H3,(H2,21,23)/b6-5+. The van der Waals surface area contributed by atoms with Gasteiger partial charge in [-0.2, -0.15) is 0 Å². The van der Waals surface area contributed by atoms with Crippen molar-refractivity contribution in [1.82, 2.24) is 0 Å². The third kappa shape index (κ3) is 2.67. The highest BCUT2D eigenvalue weighted by atomic mass is 19.1. The van der Waals surface area contributed by atoms with Crippen LogP contribution in [0.5, 0.6) is 0 Å². The van der Waals surface area contributed by atoms with Gasteiger partial charge in [-0.25, -0.2) is 8.78 Å². The van der Waals surface area contributed by atoms with E-state index in [4.69, 9.17) is 5.73 Å². The smallest absolute Gasteiger partial charge is 0.241 e. The molecule has 122 valence electrons. The summed E-state index contributed by atoms with van der Waals surface area (Å²) in [5, 5.41) is 0. The zero-order valence-corrected chi connectivity index (χ0v) is 12.8. The Hall–Kier alpha value is -3.02. The van der Waals surface area contributed by atoms with E-state index in [1.807, 2.05) is 0 Å². The van der Waals surface area contributed by atoms with Crippen LogP contribution in [0.15, 0.2) is 36.4 Å². The molecule has 2 N–H and O–H groups in total. The third-order valence-electron chi connectivity index (χ3n) is 3.93. The van der Waals surface area contributed by atoms with E-state index in [1.54, 1.807) is 19.1 Å². The second kappa shape index (κ2) is 5.88. The Labute approximate surface area is 137 Å². The summed E-state index contributed by atoms with van der Waals surface area (Å²) in [5.41, 5.74) is 6.70. The van der Waals surface area contributed by atoms with Crippen LogP contribution in [-0.2, 0) is 16.0 Å². The first-order chi connectivity index (χ1) is 11.4. The number of fused-ring (bicyclic) bond motifs is 1. The molecule has 24 heavy (non-hydrogen) atoms. The molecule has 2 amide bonds. The predicted molar refractivity (Wildman–Crippen MR) is 86.6 cm³/mol. The summed E-state index contributed by atoms with van der Waals surface area (Å²) in [7, 11) is 0. The maximum Gasteiger partial charge on any atom is 0.241 e. The first kappa shape index (κ1) is 15.9. The van der Waals surface area contributed by atoms with Crippen molar-refractivity contribution in [3.8, 4) is 0 Å². The number of primary amides is 1. The molecule has 0 atom stereocenters. The molecule has 2 aromatic rings. The highest BCUT2D eigenvalue weighted by Crippen LogP contribution is 2.39. The number of amides is 2. The number of hydrogen-bond acceptors (Lipinski definition) is 2. The lowest BCUT2D eigenvalue weighted by atomic mass is 10.1. The summed E-state index contributed by atoms with van der Waals surface area (Å²) in [6.45, 7) is 1.56. The Morgan fingerprint density at radius 1 is 1.21 bits per heavy atom. The van der Waals surface area contributed by atoms with Crippen LogP contribution in [-0.4, -0.2) is 11.8 Å². The minimum atomic E-state index is -0.662. The zero-order chi connectivity index (χ0) is 17.4. The number of rotatable bonds is 3. The summed E-state index contributed by atoms with van der Waals surface area (Å²) in [5.74, 6) is -2.00. The van der Waals surface area contributed by atoms with Gasteiger partial charge in [0.2, 0.25) is 11.8 Å². The Morgan fingerprint density at radius 3 is 2.67 bits per heavy atom. The predicted octanol–water partition coefficient (Wildman–Crippen LogP) is 2.99. The van der Waals surface area contributed by atoms with Gasteiger partial charge in [0.05, 0.1) is 17.8 Å². The second-order valence-corrected chi connectivity index (χ2v) is 5.53. The van der Waals surface area contributed by atoms with Crippen LogP contribution in [0.1, 0.15) is 16.7 Å². The van der Waals surface area contributed by atoms with E-state index < -0.39 is 17.5 Å². The molecule has 1 aliphatic heterocycles. The number of carbonyl (C=O) groups excluding carboxylic acids is 2. The Kier molecular flexibility index (Phi) is 3.89. The summed E-state index contributed by atoms with van der Waals surface area (Å²) in [6, 6.07) is 7.21. The fraction of sp³-hybridized carbons (Fsp3) is 0.111. The summed E-state index contributed by atoms with van der Waals surface area (Å²) in [6.07, 6.45) is 2.37. The molecule has 3 rings (SSSR count). The van der Waals surface area contributed by atoms with Crippen molar-refractivity contribution in [3.63, 3.8) is 0 Å². The number of halogens is 2. The molecule has 0 aromatic heterocycles. The summed E-state index contributed by atoms with van der Waals surface area (Å²) in [4.78, 5) is 24.5. The topological polar surface area (TPSA) is 63.4 Å². The van der Waals surface area contributed by atoms with E-state index in [2.05, 4.69) is 0 Å². The van der Waals surface area contributed by atoms with Crippen molar-refractivity contribution < 1.29 is 18.4 Å². The molecule has 0 aliphatic carbocycles. The van der Waals surface area contributed by atoms with Gasteiger partial charge in [-0.1, -0.05) is 6.07 Å². The first-order valence-corrected chi connectivity index (χ1v) is 7.26. The molecule has 1 heterocycles. The average Bonchev–Trinajstić information content (AvgIpc) is 2.85. The highest BCUT2D eigenvalue weighted by molar-refractivity contribution is 6.08. The number of hydrogen-bond donors (Lipinski definition) is 1. The number of carbonyl (C=O) groups is 2. The minimum Gasteiger partial charge on any atom is -0.366 e. The van der Waals surface area contributed by atoms with E-state index in [-0.39, 0.29) is 17.9 Å². The maximum absolute atomic E-state index is 14.3. The number of nitrogens with zero attached hydrogens (tertiary/aromatic N) is 1. The zero-order valence-electron chi connectivity index (χ0n) is 12.8. The molecule has 6 heteroatoms. The fourth-order valence-electron chi connectivity index (χ4n) is 2.76. The van der Waals surface area contributed by atoms with Gasteiger partial charge in [-0.05, 0) is 42.8 Å². The maximum atomic E-state index is 14.3. The van der Waals surface area contributed by atoms with Crippen molar-refractivity contribution in [2.24, 2.45) is 5.73 Å². The molecule has 0 unspecified atom stereocenters. The molecule has 2 aromatic carbocycles. The highest BCUT2D eigenvalue weighted by Gasteiger charge is 2.32. The van der Waals surface area contributed by atoms with Gasteiger partial charge in [0.1, 0.15) is 11.6 Å². The van der Waals surface area contributed by atoms with Crippen LogP contribution < -0.4 is 10.6 Å². The van der Waals surface area contributed by atoms with Crippen molar-refractivity contribution in [1.29, 1.82) is 0 Å². The van der Waals surface area contributed by atoms with Gasteiger partial charge in [0, 0.05) is 17.2 Å². The molecule has 0 saturated heterocycles. The molecule has 0 spiro atoms. The van der Waals surface area contributed by atoms with Crippen LogP contribution in [0.4, 0.5) is 20.2 Å². The molecule has 4 nitrogen and oxygen atoms in total. The number of benzene rings is 2. The van der Waals surface area contributed by atoms with Crippen molar-refractivity contribution in [3.05, 3.63) is 64.7 Å². The van der Waals surface area contributed by atoms with E-state index in [1.165, 1.54) is 29.2 Å². The molecule has 0 fully saturated rings. The lowest BCUT2D eigenvalue weighted by Crippen LogP contribution is -2.22. The lowest BCUT2D eigenvalue weighted by molar-refractivity contribution is -0.116. The van der Waals surface area contributed by atoms with Crippen molar-refractivity contribution in [2.75, 3.05) is 4.90 Å². The molecular weight excluding hydrogens is 314 g/mol. The van der Waals surface area contributed by atoms with Gasteiger partial charge in [0.25, 0.3) is 0 Å². The van der Waals surface area contributed by atoms with Crippen molar-refractivity contribution in [2.45, 2.75) is 13.3 Å². The molecular formula is C18H14F2N2O2. The van der Waals surface area contributed by atoms with Crippen LogP contribution in [0, 0.1) is 18.6 Å². The summed E-state index contributed by atoms with van der Waals surface area (Å²) < 4.78 is 28.1. The summed E-state index contributed by atoms with van der Waals surface area (Å²) >= 11 is 0. The minimum absolute atomic E-state index is 0.100. The SMILES string of the molecule is Cc1c(F)cccc1N1C(=O)Cc2c(F)cc(/C=C/C(N)=O)cc21. The van der Waals surface area contributed by atoms with Crippen LogP contribution in [0.2, 0.25) is 0 Å². The third-order valence-corrected chi connectivity index (χ3v) is 3.93. The first-order valence-electron chi connectivity index (χ1n) is 7.26. The average molecular weight is 328 g/mol. The van der Waals surface area contributed by atoms with Crippen molar-refractivity contribution >= 4 is 29.3 Å². The van der Waals surface area contributed by atoms with E-state index in [0.29, 0.717) is 22.5 Å². The van der Waals surface area contributed by atoms with Crippen LogP contribution in [0.3, 0.4) is 0 Å². The van der Waals surface area contributed by atoms with Gasteiger partial charge in [0.15, 0.2) is 0 Å². The van der Waals surface area contributed by atoms with Crippen LogP contribution in [0.25, 0.3) is 6.08 Å². The van der Waals surface area contributed by atoms with E-state index in [0.717, 1.165) is 6.08 Å². The van der Waals surface area contributed by atoms with Gasteiger partial charge < -0.3 is 5.73 Å². The fourth-order valence-corrected chi connectivity index (χ4v) is 2.76. The quantitative estimate of drug-likeness (QED) is 0.881. The second-order valence-electron chi connectivity index (χ2n) is 5.53. The van der Waals surface area contributed by atoms with Gasteiger partial charge in [-0.3, -0.25) is 14.5 Å². The molecule has 0 bridgehead atoms. The molecule has 1 aliphatic rings. The molecule has 0 radical (unpaired) electrons. The van der Waals surface area contributed by atoms with Gasteiger partial charge >= 0.3 is 0 Å². The largest absolute Gasteiger partial charge is 0.366 e. The lowest BCUT2D eigenvalue weighted by Gasteiger charge is -2.20. The number of anilines is 2. The molecule has 0 saturated carbocycles. The van der Waals surface area contributed by atoms with E-state index in [9.17, 15) is 18.4 Å². The van der Waals surface area contributed by atoms with Crippen LogP contribution >= 0.6 is 0 Å². The number of nitrogens with two attached hydrogens (primary N) is 1. The monoisotopic (exact) mass is 328 g/mol. The normalized spacial score (nSPS) is 13.6. The Morgan fingerprint density at radius 2 is 1.96 bits per heavy atom. The van der Waals surface area contributed by atoms with E-state index >= 15 is 0 Å².